The van der Waals surface area contributed by atoms with E-state index in [1.165, 1.54) is 87.3 Å². The van der Waals surface area contributed by atoms with Crippen molar-refractivity contribution in [3.8, 4) is 39.1 Å². The first-order valence-corrected chi connectivity index (χ1v) is 22.1. The van der Waals surface area contributed by atoms with Gasteiger partial charge in [-0.1, -0.05) is 133 Å². The molecule has 2 nitrogen and oxygen atoms in total. The van der Waals surface area contributed by atoms with Gasteiger partial charge >= 0.3 is 0 Å². The summed E-state index contributed by atoms with van der Waals surface area (Å²) in [6.07, 6.45) is 7.11. The van der Waals surface area contributed by atoms with Gasteiger partial charge in [-0.25, -0.2) is 0 Å². The van der Waals surface area contributed by atoms with Gasteiger partial charge in [0.2, 0.25) is 0 Å². The first-order valence-electron chi connectivity index (χ1n) is 22.1. The van der Waals surface area contributed by atoms with Crippen molar-refractivity contribution >= 4 is 38.9 Å². The van der Waals surface area contributed by atoms with E-state index in [9.17, 15) is 0 Å². The van der Waals surface area contributed by atoms with Crippen LogP contribution >= 0.6 is 0 Å². The number of aromatic nitrogens is 1. The monoisotopic (exact) mass is 770 g/mol. The average Bonchev–Trinajstić information content (AvgIpc) is 3.80. The molecule has 4 saturated carbocycles. The predicted octanol–water partition coefficient (Wildman–Crippen LogP) is 15.3. The van der Waals surface area contributed by atoms with E-state index in [4.69, 9.17) is 0 Å². The van der Waals surface area contributed by atoms with Gasteiger partial charge in [0.25, 0.3) is 0 Å². The number of fused-ring (bicyclic) bond motifs is 6. The van der Waals surface area contributed by atoms with E-state index in [0.717, 1.165) is 46.4 Å². The first-order chi connectivity index (χ1) is 29.7. The largest absolute Gasteiger partial charge is 0.310 e. The number of rotatable bonds is 6. The third kappa shape index (κ3) is 4.88. The molecule has 4 bridgehead atoms. The molecule has 0 N–H and O–H groups in total. The Morgan fingerprint density at radius 2 is 1.03 bits per heavy atom. The second-order valence-corrected chi connectivity index (χ2v) is 18.1. The molecule has 60 heavy (non-hydrogen) atoms. The number of hydrogen-bond donors (Lipinski definition) is 0. The van der Waals surface area contributed by atoms with E-state index in [-0.39, 0.29) is 5.41 Å². The van der Waals surface area contributed by atoms with Gasteiger partial charge in [-0.05, 0) is 161 Å². The van der Waals surface area contributed by atoms with Crippen molar-refractivity contribution in [3.05, 3.63) is 205 Å². The second kappa shape index (κ2) is 13.2. The van der Waals surface area contributed by atoms with Crippen LogP contribution in [0.15, 0.2) is 194 Å². The Balaban J connectivity index is 0.913. The van der Waals surface area contributed by atoms with Crippen molar-refractivity contribution in [3.63, 3.8) is 0 Å². The van der Waals surface area contributed by atoms with Gasteiger partial charge in [0.1, 0.15) is 0 Å². The molecule has 1 aromatic heterocycles. The molecular weight excluding hydrogens is 725 g/mol. The van der Waals surface area contributed by atoms with Gasteiger partial charge in [-0.15, -0.1) is 0 Å². The average molecular weight is 771 g/mol. The molecule has 0 amide bonds. The van der Waals surface area contributed by atoms with E-state index < -0.39 is 0 Å². The Morgan fingerprint density at radius 3 is 1.83 bits per heavy atom. The first kappa shape index (κ1) is 34.2. The molecule has 0 atom stereocenters. The van der Waals surface area contributed by atoms with Gasteiger partial charge in [0.05, 0.1) is 16.7 Å². The molecule has 8 aromatic carbocycles. The van der Waals surface area contributed by atoms with Crippen LogP contribution in [0.3, 0.4) is 0 Å². The van der Waals surface area contributed by atoms with Crippen molar-refractivity contribution in [1.29, 1.82) is 0 Å². The van der Waals surface area contributed by atoms with Gasteiger partial charge in [-0.3, -0.25) is 0 Å². The van der Waals surface area contributed by atoms with Crippen LogP contribution < -0.4 is 4.90 Å². The summed E-state index contributed by atoms with van der Waals surface area (Å²) in [5.74, 6) is 3.41. The lowest BCUT2D eigenvalue weighted by Gasteiger charge is -2.61. The molecule has 0 saturated heterocycles. The summed E-state index contributed by atoms with van der Waals surface area (Å²) < 4.78 is 2.40. The van der Waals surface area contributed by atoms with Crippen LogP contribution in [0.25, 0.3) is 60.9 Å². The fourth-order valence-electron chi connectivity index (χ4n) is 13.2. The van der Waals surface area contributed by atoms with Crippen molar-refractivity contribution in [2.24, 2.45) is 23.7 Å². The maximum atomic E-state index is 2.52. The molecule has 0 aliphatic heterocycles. The van der Waals surface area contributed by atoms with Gasteiger partial charge < -0.3 is 9.47 Å². The molecule has 288 valence electrons. The Labute approximate surface area is 352 Å². The normalized spacial score (nSPS) is 22.1. The zero-order chi connectivity index (χ0) is 39.4. The van der Waals surface area contributed by atoms with Crippen LogP contribution in [-0.4, -0.2) is 4.57 Å². The number of benzene rings is 8. The summed E-state index contributed by atoms with van der Waals surface area (Å²) >= 11 is 0. The third-order valence-electron chi connectivity index (χ3n) is 15.2. The summed E-state index contributed by atoms with van der Waals surface area (Å²) in [4.78, 5) is 2.43. The van der Waals surface area contributed by atoms with Crippen LogP contribution in [0.4, 0.5) is 17.1 Å². The minimum Gasteiger partial charge on any atom is -0.310 e. The van der Waals surface area contributed by atoms with Crippen molar-refractivity contribution in [2.45, 2.75) is 37.5 Å². The minimum absolute atomic E-state index is 0.175. The molecule has 5 aliphatic carbocycles. The molecule has 4 fully saturated rings. The number of para-hydroxylation sites is 3. The van der Waals surface area contributed by atoms with E-state index in [0.29, 0.717) is 0 Å². The lowest BCUT2D eigenvalue weighted by atomic mass is 9.43. The smallest absolute Gasteiger partial charge is 0.0562 e. The van der Waals surface area contributed by atoms with E-state index in [2.05, 4.69) is 204 Å². The molecule has 1 spiro atoms. The lowest BCUT2D eigenvalue weighted by molar-refractivity contribution is -0.0399. The van der Waals surface area contributed by atoms with Crippen LogP contribution in [0.1, 0.15) is 43.2 Å². The third-order valence-corrected chi connectivity index (χ3v) is 15.2. The van der Waals surface area contributed by atoms with Crippen molar-refractivity contribution in [1.82, 2.24) is 4.57 Å². The van der Waals surface area contributed by atoms with Gasteiger partial charge in [-0.2, -0.15) is 0 Å². The molecule has 9 aromatic rings. The zero-order valence-corrected chi connectivity index (χ0v) is 33.7. The summed E-state index contributed by atoms with van der Waals surface area (Å²) in [5.41, 5.74) is 18.5. The zero-order valence-electron chi connectivity index (χ0n) is 33.7. The van der Waals surface area contributed by atoms with E-state index >= 15 is 0 Å². The van der Waals surface area contributed by atoms with Gasteiger partial charge in [0, 0.05) is 33.2 Å². The minimum atomic E-state index is 0.175. The van der Waals surface area contributed by atoms with Crippen molar-refractivity contribution < 1.29 is 0 Å². The van der Waals surface area contributed by atoms with E-state index in [1.54, 1.807) is 11.1 Å². The summed E-state index contributed by atoms with van der Waals surface area (Å²) in [6.45, 7) is 0. The molecular formula is C58H46N2. The fourth-order valence-corrected chi connectivity index (χ4v) is 13.2. The maximum absolute atomic E-state index is 2.52. The molecule has 14 rings (SSSR count). The van der Waals surface area contributed by atoms with Crippen LogP contribution in [0, 0.1) is 23.7 Å². The molecule has 0 radical (unpaired) electrons. The van der Waals surface area contributed by atoms with Crippen LogP contribution in [0.5, 0.6) is 0 Å². The topological polar surface area (TPSA) is 8.17 Å². The lowest BCUT2D eigenvalue weighted by Crippen LogP contribution is -2.55. The Bertz CT molecular complexity index is 3070. The molecule has 2 heteroatoms. The number of nitrogens with zero attached hydrogens (tertiary/aromatic N) is 2. The number of anilines is 3. The van der Waals surface area contributed by atoms with Gasteiger partial charge in [0.15, 0.2) is 0 Å². The maximum Gasteiger partial charge on any atom is 0.0562 e. The molecule has 5 aliphatic rings. The molecule has 0 unspecified atom stereocenters. The van der Waals surface area contributed by atoms with E-state index in [1.807, 2.05) is 0 Å². The highest BCUT2D eigenvalue weighted by atomic mass is 15.1. The van der Waals surface area contributed by atoms with Crippen LogP contribution in [-0.2, 0) is 5.41 Å². The Kier molecular flexibility index (Phi) is 7.52. The highest BCUT2D eigenvalue weighted by molar-refractivity contribution is 6.16. The summed E-state index contributed by atoms with van der Waals surface area (Å²) in [7, 11) is 0. The standard InChI is InChI=1S/C58H46N2/c1-3-16-45(17-4-1)59(54-26-13-27-55-57(54)50-21-8-10-25-53(50)60(55)46-18-5-2-6-19-46)47-30-28-40(29-31-47)41-14-11-15-42(37-41)48-22-12-24-52-56(48)49-20-7-9-23-51(49)58(52)43-33-38-32-39(35-43)36-44(58)34-38/h1-31,37-39,43-44H,32-36H2. The highest BCUT2D eigenvalue weighted by Gasteiger charge is 2.61. The SMILES string of the molecule is c1ccc(N(c2ccc(-c3cccc(-c4cccc5c4-c4ccccc4C54C5CC6CC(C5)CC4C6)c3)cc2)c2cccc3c2c2ccccc2n3-c2ccccc2)cc1. The quantitative estimate of drug-likeness (QED) is 0.163. The van der Waals surface area contributed by atoms with Crippen molar-refractivity contribution in [2.75, 3.05) is 4.90 Å². The second-order valence-electron chi connectivity index (χ2n) is 18.1. The number of hydrogen-bond acceptors (Lipinski definition) is 1. The predicted molar refractivity (Wildman–Crippen MR) is 250 cm³/mol. The fraction of sp³-hybridized carbons (Fsp3) is 0.172. The summed E-state index contributed by atoms with van der Waals surface area (Å²) in [5, 5.41) is 2.48. The highest BCUT2D eigenvalue weighted by Crippen LogP contribution is 2.70. The Hall–Kier alpha value is -6.64. The van der Waals surface area contributed by atoms with Crippen LogP contribution in [0.2, 0.25) is 0 Å². The molecule has 1 heterocycles. The Morgan fingerprint density at radius 1 is 0.433 bits per heavy atom. The summed E-state index contributed by atoms with van der Waals surface area (Å²) in [6, 6.07) is 72.4.